The average molecular weight is 296 g/mol. The maximum Gasteiger partial charge on any atom is 0.124 e. The van der Waals surface area contributed by atoms with E-state index in [1.54, 1.807) is 18.6 Å². The molecular weight excluding hydrogens is 277 g/mol. The first-order chi connectivity index (χ1) is 9.69. The first-order valence-electron chi connectivity index (χ1n) is 6.87. The smallest absolute Gasteiger partial charge is 0.124 e. The summed E-state index contributed by atoms with van der Waals surface area (Å²) >= 11 is 6.10. The van der Waals surface area contributed by atoms with Crippen molar-refractivity contribution in [2.24, 2.45) is 0 Å². The van der Waals surface area contributed by atoms with Crippen molar-refractivity contribution in [2.45, 2.75) is 32.2 Å². The Morgan fingerprint density at radius 2 is 2.15 bits per heavy atom. The zero-order valence-electron chi connectivity index (χ0n) is 11.5. The van der Waals surface area contributed by atoms with Gasteiger partial charge in [0.25, 0.3) is 0 Å². The molecule has 1 unspecified atom stereocenters. The summed E-state index contributed by atoms with van der Waals surface area (Å²) in [5, 5.41) is 3.99. The fraction of sp³-hybridized carbons (Fsp3) is 0.375. The Bertz CT molecular complexity index is 527. The lowest BCUT2D eigenvalue weighted by Gasteiger charge is -2.18. The van der Waals surface area contributed by atoms with Crippen molar-refractivity contribution in [3.8, 4) is 0 Å². The highest BCUT2D eigenvalue weighted by molar-refractivity contribution is 6.31. The van der Waals surface area contributed by atoms with Gasteiger partial charge in [-0.2, -0.15) is 0 Å². The summed E-state index contributed by atoms with van der Waals surface area (Å²) in [5.41, 5.74) is 2.11. The van der Waals surface area contributed by atoms with E-state index in [1.807, 2.05) is 6.07 Å². The van der Waals surface area contributed by atoms with Crippen LogP contribution < -0.4 is 5.32 Å². The van der Waals surface area contributed by atoms with E-state index < -0.39 is 0 Å². The highest BCUT2D eigenvalue weighted by Crippen LogP contribution is 2.20. The van der Waals surface area contributed by atoms with Gasteiger partial charge in [-0.3, -0.25) is 0 Å². The fourth-order valence-corrected chi connectivity index (χ4v) is 2.46. The van der Waals surface area contributed by atoms with Gasteiger partial charge in [0.2, 0.25) is 0 Å². The van der Waals surface area contributed by atoms with Gasteiger partial charge >= 0.3 is 0 Å². The highest BCUT2D eigenvalue weighted by atomic mass is 35.5. The highest BCUT2D eigenvalue weighted by Gasteiger charge is 2.13. The molecule has 2 rings (SSSR count). The summed E-state index contributed by atoms with van der Waals surface area (Å²) in [4.78, 5) is 0. The van der Waals surface area contributed by atoms with E-state index in [9.17, 15) is 4.39 Å². The predicted octanol–water partition coefficient (Wildman–Crippen LogP) is 4.23. The van der Waals surface area contributed by atoms with Crippen LogP contribution in [0, 0.1) is 5.82 Å². The normalized spacial score (nSPS) is 12.6. The summed E-state index contributed by atoms with van der Waals surface area (Å²) in [6.07, 6.45) is 6.14. The molecule has 0 radical (unpaired) electrons. The molecule has 0 fully saturated rings. The first-order valence-corrected chi connectivity index (χ1v) is 7.25. The molecule has 0 aliphatic carbocycles. The molecule has 2 nitrogen and oxygen atoms in total. The lowest BCUT2D eigenvalue weighted by Crippen LogP contribution is -2.33. The quantitative estimate of drug-likeness (QED) is 0.827. The van der Waals surface area contributed by atoms with Gasteiger partial charge in [0.15, 0.2) is 0 Å². The number of furan rings is 1. The monoisotopic (exact) mass is 295 g/mol. The minimum absolute atomic E-state index is 0.260. The Labute approximate surface area is 123 Å². The average Bonchev–Trinajstić information content (AvgIpc) is 2.92. The molecule has 0 bridgehead atoms. The van der Waals surface area contributed by atoms with E-state index in [0.717, 1.165) is 36.9 Å². The van der Waals surface area contributed by atoms with Gasteiger partial charge in [-0.15, -0.1) is 0 Å². The van der Waals surface area contributed by atoms with Crippen LogP contribution in [-0.4, -0.2) is 12.6 Å². The molecule has 0 aliphatic heterocycles. The van der Waals surface area contributed by atoms with Gasteiger partial charge < -0.3 is 9.73 Å². The molecule has 1 aromatic carbocycles. The molecule has 1 heterocycles. The molecule has 4 heteroatoms. The second-order valence-corrected chi connectivity index (χ2v) is 5.33. The molecule has 2 aromatic rings. The van der Waals surface area contributed by atoms with Crippen molar-refractivity contribution in [2.75, 3.05) is 6.54 Å². The van der Waals surface area contributed by atoms with E-state index in [2.05, 4.69) is 12.2 Å². The Morgan fingerprint density at radius 3 is 2.80 bits per heavy atom. The van der Waals surface area contributed by atoms with E-state index in [4.69, 9.17) is 16.0 Å². The molecule has 0 aliphatic rings. The number of hydrogen-bond acceptors (Lipinski definition) is 2. The van der Waals surface area contributed by atoms with Crippen LogP contribution in [0.1, 0.15) is 24.5 Å². The van der Waals surface area contributed by atoms with Crippen LogP contribution in [-0.2, 0) is 12.8 Å². The molecule has 0 spiro atoms. The third-order valence-corrected chi connectivity index (χ3v) is 3.58. The maximum absolute atomic E-state index is 13.1. The van der Waals surface area contributed by atoms with Crippen LogP contribution in [0.3, 0.4) is 0 Å². The molecule has 0 amide bonds. The summed E-state index contributed by atoms with van der Waals surface area (Å²) in [6, 6.07) is 6.80. The molecular formula is C16H19ClFNO. The molecule has 20 heavy (non-hydrogen) atoms. The molecule has 1 N–H and O–H groups in total. The number of benzene rings is 1. The Morgan fingerprint density at radius 1 is 1.30 bits per heavy atom. The van der Waals surface area contributed by atoms with Crippen molar-refractivity contribution in [3.05, 3.63) is 58.8 Å². The van der Waals surface area contributed by atoms with Crippen molar-refractivity contribution in [3.63, 3.8) is 0 Å². The van der Waals surface area contributed by atoms with Crippen molar-refractivity contribution in [1.82, 2.24) is 5.32 Å². The van der Waals surface area contributed by atoms with Crippen molar-refractivity contribution < 1.29 is 8.81 Å². The maximum atomic E-state index is 13.1. The van der Waals surface area contributed by atoms with Crippen molar-refractivity contribution in [1.29, 1.82) is 0 Å². The lowest BCUT2D eigenvalue weighted by molar-refractivity contribution is 0.499. The van der Waals surface area contributed by atoms with Gasteiger partial charge in [-0.1, -0.05) is 24.6 Å². The number of rotatable bonds is 7. The summed E-state index contributed by atoms with van der Waals surface area (Å²) in [6.45, 7) is 3.08. The van der Waals surface area contributed by atoms with Gasteiger partial charge in [0.1, 0.15) is 5.82 Å². The van der Waals surface area contributed by atoms with Gasteiger partial charge in [0.05, 0.1) is 12.5 Å². The van der Waals surface area contributed by atoms with E-state index >= 15 is 0 Å². The van der Waals surface area contributed by atoms with Crippen LogP contribution in [0.15, 0.2) is 41.2 Å². The third kappa shape index (κ3) is 4.36. The number of halogens is 2. The summed E-state index contributed by atoms with van der Waals surface area (Å²) in [5.74, 6) is -0.299. The number of hydrogen-bond donors (Lipinski definition) is 1. The SMILES string of the molecule is CCCNC(Cc1ccoc1)Cc1ccc(F)cc1Cl. The molecule has 1 aromatic heterocycles. The minimum atomic E-state index is -0.299. The van der Waals surface area contributed by atoms with Crippen molar-refractivity contribution >= 4 is 11.6 Å². The topological polar surface area (TPSA) is 25.2 Å². The molecule has 1 atom stereocenters. The predicted molar refractivity (Wildman–Crippen MR) is 79.6 cm³/mol. The minimum Gasteiger partial charge on any atom is -0.472 e. The lowest BCUT2D eigenvalue weighted by atomic mass is 10.00. The van der Waals surface area contributed by atoms with Crippen LogP contribution >= 0.6 is 11.6 Å². The van der Waals surface area contributed by atoms with E-state index in [1.165, 1.54) is 12.1 Å². The first kappa shape index (κ1) is 15.1. The second kappa shape index (κ2) is 7.46. The van der Waals surface area contributed by atoms with Crippen LogP contribution in [0.2, 0.25) is 5.02 Å². The second-order valence-electron chi connectivity index (χ2n) is 4.93. The Hall–Kier alpha value is -1.32. The molecule has 108 valence electrons. The van der Waals surface area contributed by atoms with Gasteiger partial charge in [-0.05, 0) is 55.1 Å². The zero-order chi connectivity index (χ0) is 14.4. The standard InChI is InChI=1S/C16H19ClFNO/c1-2-6-19-15(8-12-5-7-20-11-12)9-13-3-4-14(18)10-16(13)17/h3-5,7,10-11,15,19H,2,6,8-9H2,1H3. The van der Waals surface area contributed by atoms with Crippen LogP contribution in [0.5, 0.6) is 0 Å². The largest absolute Gasteiger partial charge is 0.472 e. The molecule has 0 saturated heterocycles. The Kier molecular flexibility index (Phi) is 5.62. The van der Waals surface area contributed by atoms with Gasteiger partial charge in [-0.25, -0.2) is 4.39 Å². The van der Waals surface area contributed by atoms with Crippen LogP contribution in [0.25, 0.3) is 0 Å². The third-order valence-electron chi connectivity index (χ3n) is 3.23. The zero-order valence-corrected chi connectivity index (χ0v) is 12.3. The molecule has 0 saturated carbocycles. The van der Waals surface area contributed by atoms with Gasteiger partial charge in [0, 0.05) is 11.1 Å². The summed E-state index contributed by atoms with van der Waals surface area (Å²) in [7, 11) is 0. The Balaban J connectivity index is 2.06. The number of nitrogens with one attached hydrogen (secondary N) is 1. The fourth-order valence-electron chi connectivity index (χ4n) is 2.21. The summed E-state index contributed by atoms with van der Waals surface area (Å²) < 4.78 is 18.2. The van der Waals surface area contributed by atoms with E-state index in [0.29, 0.717) is 5.02 Å². The van der Waals surface area contributed by atoms with E-state index in [-0.39, 0.29) is 11.9 Å². The van der Waals surface area contributed by atoms with Crippen LogP contribution in [0.4, 0.5) is 4.39 Å².